The van der Waals surface area contributed by atoms with E-state index in [1.807, 2.05) is 37.3 Å². The van der Waals surface area contributed by atoms with E-state index in [1.54, 1.807) is 6.92 Å². The summed E-state index contributed by atoms with van der Waals surface area (Å²) in [7, 11) is -3.12. The van der Waals surface area contributed by atoms with Gasteiger partial charge in [-0.3, -0.25) is 0 Å². The molecule has 0 amide bonds. The van der Waals surface area contributed by atoms with Gasteiger partial charge in [-0.2, -0.15) is 0 Å². The lowest BCUT2D eigenvalue weighted by Gasteiger charge is -2.23. The molecule has 2 unspecified atom stereocenters. The summed E-state index contributed by atoms with van der Waals surface area (Å²) in [5, 5.41) is 17.1. The van der Waals surface area contributed by atoms with Gasteiger partial charge in [0.2, 0.25) is 10.0 Å². The van der Waals surface area contributed by atoms with Crippen molar-refractivity contribution in [2.75, 3.05) is 39.0 Å². The minimum atomic E-state index is -3.12. The van der Waals surface area contributed by atoms with Gasteiger partial charge in [-0.05, 0) is 31.7 Å². The Labute approximate surface area is 156 Å². The molecule has 0 bridgehead atoms. The third-order valence-electron chi connectivity index (χ3n) is 4.56. The summed E-state index contributed by atoms with van der Waals surface area (Å²) in [6.07, 6.45) is 2.08. The molecule has 1 aliphatic heterocycles. The fourth-order valence-electron chi connectivity index (χ4n) is 2.97. The molecule has 0 spiro atoms. The second-order valence-electron chi connectivity index (χ2n) is 6.99. The van der Waals surface area contributed by atoms with Crippen molar-refractivity contribution < 1.29 is 13.5 Å². The molecule has 8 heteroatoms. The van der Waals surface area contributed by atoms with Crippen molar-refractivity contribution in [1.29, 1.82) is 0 Å². The maximum Gasteiger partial charge on any atom is 0.211 e. The number of rotatable bonds is 7. The molecule has 1 aliphatic rings. The number of aliphatic imine (C=N–C) groups is 1. The summed E-state index contributed by atoms with van der Waals surface area (Å²) in [6, 6.07) is 9.47. The molecular formula is C18H30N4O3S. The average Bonchev–Trinajstić information content (AvgIpc) is 3.07. The first-order valence-corrected chi connectivity index (χ1v) is 10.8. The van der Waals surface area contributed by atoms with Crippen LogP contribution < -0.4 is 10.6 Å². The van der Waals surface area contributed by atoms with Gasteiger partial charge >= 0.3 is 0 Å². The van der Waals surface area contributed by atoms with E-state index < -0.39 is 15.6 Å². The van der Waals surface area contributed by atoms with Crippen molar-refractivity contribution in [1.82, 2.24) is 14.9 Å². The number of nitrogens with zero attached hydrogens (tertiary/aromatic N) is 2. The van der Waals surface area contributed by atoms with Crippen LogP contribution in [-0.2, 0) is 15.6 Å². The van der Waals surface area contributed by atoms with E-state index in [9.17, 15) is 13.5 Å². The maximum absolute atomic E-state index is 11.6. The highest BCUT2D eigenvalue weighted by Gasteiger charge is 2.28. The molecule has 1 fully saturated rings. The Morgan fingerprint density at radius 1 is 1.35 bits per heavy atom. The molecule has 1 aromatic carbocycles. The predicted octanol–water partition coefficient (Wildman–Crippen LogP) is 0.731. The predicted molar refractivity (Wildman–Crippen MR) is 105 cm³/mol. The first kappa shape index (κ1) is 20.7. The number of nitrogens with one attached hydrogen (secondary N) is 2. The fraction of sp³-hybridized carbons (Fsp3) is 0.611. The quantitative estimate of drug-likeness (QED) is 0.477. The highest BCUT2D eigenvalue weighted by atomic mass is 32.2. The standard InChI is InChI=1S/C18H30N4O3S/c1-4-19-17(20-12-15-10-11-22(13-15)26(3,24)25)21-14-18(2,23)16-8-6-5-7-9-16/h5-9,15,23H,4,10-14H2,1-3H3,(H2,19,20,21). The van der Waals surface area contributed by atoms with Gasteiger partial charge < -0.3 is 15.7 Å². The number of guanidine groups is 1. The van der Waals surface area contributed by atoms with Gasteiger partial charge in [0, 0.05) is 26.2 Å². The highest BCUT2D eigenvalue weighted by molar-refractivity contribution is 7.88. The topological polar surface area (TPSA) is 94.0 Å². The van der Waals surface area contributed by atoms with Gasteiger partial charge in [0.1, 0.15) is 5.60 Å². The Morgan fingerprint density at radius 2 is 2.04 bits per heavy atom. The molecule has 26 heavy (non-hydrogen) atoms. The van der Waals surface area contributed by atoms with E-state index in [0.29, 0.717) is 32.1 Å². The van der Waals surface area contributed by atoms with Crippen LogP contribution in [0.4, 0.5) is 0 Å². The second-order valence-corrected chi connectivity index (χ2v) is 8.97. The van der Waals surface area contributed by atoms with Crippen molar-refractivity contribution in [3.63, 3.8) is 0 Å². The van der Waals surface area contributed by atoms with Crippen LogP contribution in [0.15, 0.2) is 35.3 Å². The fourth-order valence-corrected chi connectivity index (χ4v) is 3.89. The Morgan fingerprint density at radius 3 is 2.62 bits per heavy atom. The molecule has 0 aliphatic carbocycles. The van der Waals surface area contributed by atoms with Crippen molar-refractivity contribution in [2.24, 2.45) is 10.9 Å². The van der Waals surface area contributed by atoms with Crippen molar-refractivity contribution in [3.8, 4) is 0 Å². The van der Waals surface area contributed by atoms with E-state index in [0.717, 1.165) is 12.0 Å². The highest BCUT2D eigenvalue weighted by Crippen LogP contribution is 2.20. The molecule has 1 saturated heterocycles. The number of aliphatic hydroxyl groups is 1. The summed E-state index contributed by atoms with van der Waals surface area (Å²) in [5.74, 6) is 0.879. The van der Waals surface area contributed by atoms with Gasteiger partial charge in [0.05, 0.1) is 12.8 Å². The normalized spacial score (nSPS) is 21.4. The molecular weight excluding hydrogens is 352 g/mol. The largest absolute Gasteiger partial charge is 0.384 e. The van der Waals surface area contributed by atoms with Crippen molar-refractivity contribution >= 4 is 16.0 Å². The Bertz CT molecular complexity index is 704. The lowest BCUT2D eigenvalue weighted by molar-refractivity contribution is 0.0672. The monoisotopic (exact) mass is 382 g/mol. The third-order valence-corrected chi connectivity index (χ3v) is 5.83. The maximum atomic E-state index is 11.6. The molecule has 3 N–H and O–H groups in total. The van der Waals surface area contributed by atoms with Crippen molar-refractivity contribution in [2.45, 2.75) is 25.9 Å². The van der Waals surface area contributed by atoms with E-state index >= 15 is 0 Å². The molecule has 7 nitrogen and oxygen atoms in total. The van der Waals surface area contributed by atoms with Gasteiger partial charge in [-0.15, -0.1) is 0 Å². The van der Waals surface area contributed by atoms with E-state index in [2.05, 4.69) is 15.6 Å². The molecule has 0 saturated carbocycles. The molecule has 1 heterocycles. The first-order valence-electron chi connectivity index (χ1n) is 8.97. The SMILES string of the molecule is CCNC(=NCC(C)(O)c1ccccc1)NCC1CCN(S(C)(=O)=O)C1. The van der Waals surface area contributed by atoms with E-state index in [1.165, 1.54) is 10.6 Å². The van der Waals surface area contributed by atoms with Gasteiger partial charge in [-0.25, -0.2) is 17.7 Å². The van der Waals surface area contributed by atoms with Crippen LogP contribution in [0.1, 0.15) is 25.8 Å². The molecule has 2 rings (SSSR count). The van der Waals surface area contributed by atoms with E-state index in [-0.39, 0.29) is 12.5 Å². The van der Waals surface area contributed by atoms with Crippen LogP contribution in [0.25, 0.3) is 0 Å². The molecule has 0 aromatic heterocycles. The lowest BCUT2D eigenvalue weighted by Crippen LogP contribution is -2.41. The van der Waals surface area contributed by atoms with Crippen LogP contribution in [-0.4, -0.2) is 62.8 Å². The summed E-state index contributed by atoms with van der Waals surface area (Å²) < 4.78 is 24.7. The van der Waals surface area contributed by atoms with Crippen LogP contribution in [0.5, 0.6) is 0 Å². The van der Waals surface area contributed by atoms with Crippen LogP contribution in [0.3, 0.4) is 0 Å². The summed E-state index contributed by atoms with van der Waals surface area (Å²) in [6.45, 7) is 6.41. The van der Waals surface area contributed by atoms with Crippen LogP contribution in [0.2, 0.25) is 0 Å². The first-order chi connectivity index (χ1) is 12.2. The van der Waals surface area contributed by atoms with E-state index in [4.69, 9.17) is 0 Å². The molecule has 1 aromatic rings. The zero-order valence-electron chi connectivity index (χ0n) is 15.8. The van der Waals surface area contributed by atoms with Crippen LogP contribution >= 0.6 is 0 Å². The Hall–Kier alpha value is -1.64. The number of hydrogen-bond donors (Lipinski definition) is 3. The minimum absolute atomic E-state index is 0.229. The minimum Gasteiger partial charge on any atom is -0.384 e. The number of benzene rings is 1. The number of hydrogen-bond acceptors (Lipinski definition) is 4. The summed E-state index contributed by atoms with van der Waals surface area (Å²) in [5.41, 5.74) is -0.233. The van der Waals surface area contributed by atoms with Gasteiger partial charge in [-0.1, -0.05) is 30.3 Å². The Kier molecular flexibility index (Phi) is 7.02. The third kappa shape index (κ3) is 5.96. The second kappa shape index (κ2) is 8.83. The zero-order chi connectivity index (χ0) is 19.2. The van der Waals surface area contributed by atoms with Crippen LogP contribution in [0, 0.1) is 5.92 Å². The lowest BCUT2D eigenvalue weighted by atomic mass is 9.96. The zero-order valence-corrected chi connectivity index (χ0v) is 16.6. The van der Waals surface area contributed by atoms with Gasteiger partial charge in [0.15, 0.2) is 5.96 Å². The molecule has 146 valence electrons. The summed E-state index contributed by atoms with van der Waals surface area (Å²) >= 11 is 0. The summed E-state index contributed by atoms with van der Waals surface area (Å²) in [4.78, 5) is 4.50. The van der Waals surface area contributed by atoms with Crippen molar-refractivity contribution in [3.05, 3.63) is 35.9 Å². The van der Waals surface area contributed by atoms with Gasteiger partial charge in [0.25, 0.3) is 0 Å². The Balaban J connectivity index is 1.93. The number of sulfonamides is 1. The molecule has 2 atom stereocenters. The molecule has 0 radical (unpaired) electrons. The average molecular weight is 383 g/mol. The smallest absolute Gasteiger partial charge is 0.211 e.